The van der Waals surface area contributed by atoms with Crippen molar-refractivity contribution in [3.63, 3.8) is 0 Å². The Morgan fingerprint density at radius 3 is 2.52 bits per heavy atom. The van der Waals surface area contributed by atoms with Gasteiger partial charge in [-0.05, 0) is 48.0 Å². The van der Waals surface area contributed by atoms with E-state index in [4.69, 9.17) is 18.6 Å². The summed E-state index contributed by atoms with van der Waals surface area (Å²) in [6.07, 6.45) is 1.50. The molecule has 0 radical (unpaired) electrons. The molecule has 0 aliphatic carbocycles. The molecule has 3 aromatic rings. The summed E-state index contributed by atoms with van der Waals surface area (Å²) in [5, 5.41) is 11.2. The average Bonchev–Trinajstić information content (AvgIpc) is 3.46. The van der Waals surface area contributed by atoms with Crippen molar-refractivity contribution in [3.8, 4) is 17.2 Å². The molecule has 0 spiro atoms. The van der Waals surface area contributed by atoms with Crippen LogP contribution in [0.3, 0.4) is 0 Å². The number of aliphatic hydroxyl groups is 1. The molecule has 8 heteroatoms. The molecule has 8 nitrogen and oxygen atoms in total. The van der Waals surface area contributed by atoms with Crippen molar-refractivity contribution in [1.29, 1.82) is 0 Å². The molecule has 0 saturated carbocycles. The number of fused-ring (bicyclic) bond motifs is 1. The Morgan fingerprint density at radius 2 is 1.82 bits per heavy atom. The van der Waals surface area contributed by atoms with Crippen LogP contribution in [0.5, 0.6) is 17.2 Å². The summed E-state index contributed by atoms with van der Waals surface area (Å²) >= 11 is 0. The third-order valence-corrected chi connectivity index (χ3v) is 5.69. The normalized spacial score (nSPS) is 19.1. The number of hydrogen-bond donors (Lipinski definition) is 1. The number of benzene rings is 2. The van der Waals surface area contributed by atoms with Crippen LogP contribution in [0, 0.1) is 0 Å². The lowest BCUT2D eigenvalue weighted by molar-refractivity contribution is -0.140. The first-order valence-electron chi connectivity index (χ1n) is 10.4. The Balaban J connectivity index is 1.62. The minimum absolute atomic E-state index is 0.00611. The summed E-state index contributed by atoms with van der Waals surface area (Å²) in [5.41, 5.74) is 1.00. The minimum atomic E-state index is -0.811. The van der Waals surface area contributed by atoms with Crippen LogP contribution in [0.1, 0.15) is 22.9 Å². The van der Waals surface area contributed by atoms with E-state index in [1.807, 2.05) is 0 Å². The van der Waals surface area contributed by atoms with Crippen LogP contribution in [0.15, 0.2) is 70.9 Å². The largest absolute Gasteiger partial charge is 0.507 e. The van der Waals surface area contributed by atoms with Gasteiger partial charge in [-0.1, -0.05) is 12.1 Å². The fourth-order valence-corrected chi connectivity index (χ4v) is 4.09. The number of likely N-dealkylation sites (tertiary alicyclic amines) is 1. The molecule has 1 amide bonds. The third kappa shape index (κ3) is 3.69. The second kappa shape index (κ2) is 8.38. The molecule has 1 fully saturated rings. The number of hydrogen-bond acceptors (Lipinski definition) is 7. The molecular weight excluding hydrogens is 426 g/mol. The van der Waals surface area contributed by atoms with Crippen molar-refractivity contribution in [2.24, 2.45) is 0 Å². The highest BCUT2D eigenvalue weighted by molar-refractivity contribution is 6.46. The monoisotopic (exact) mass is 447 g/mol. The van der Waals surface area contributed by atoms with E-state index in [0.29, 0.717) is 47.3 Å². The van der Waals surface area contributed by atoms with Crippen LogP contribution in [0.4, 0.5) is 0 Å². The van der Waals surface area contributed by atoms with E-state index in [1.54, 1.807) is 61.7 Å². The number of rotatable bonds is 5. The van der Waals surface area contributed by atoms with Gasteiger partial charge in [-0.15, -0.1) is 0 Å². The second-order valence-corrected chi connectivity index (χ2v) is 7.64. The molecule has 3 heterocycles. The van der Waals surface area contributed by atoms with Gasteiger partial charge >= 0.3 is 0 Å². The average molecular weight is 447 g/mol. The molecule has 5 rings (SSSR count). The van der Waals surface area contributed by atoms with E-state index in [9.17, 15) is 14.7 Å². The third-order valence-electron chi connectivity index (χ3n) is 5.69. The number of Topliss-reactive ketones (excluding diaryl/α,β-unsaturated/α-hetero) is 1. The summed E-state index contributed by atoms with van der Waals surface area (Å²) in [5.74, 6) is 0.413. The predicted octanol–water partition coefficient (Wildman–Crippen LogP) is 3.68. The smallest absolute Gasteiger partial charge is 0.296 e. The topological polar surface area (TPSA) is 98.4 Å². The van der Waals surface area contributed by atoms with E-state index in [0.717, 1.165) is 0 Å². The number of furan rings is 1. The highest BCUT2D eigenvalue weighted by Gasteiger charge is 2.46. The fourth-order valence-electron chi connectivity index (χ4n) is 4.09. The zero-order valence-corrected chi connectivity index (χ0v) is 17.8. The van der Waals surface area contributed by atoms with E-state index in [-0.39, 0.29) is 17.9 Å². The first kappa shape index (κ1) is 20.7. The molecule has 2 aliphatic heterocycles. The lowest BCUT2D eigenvalue weighted by Crippen LogP contribution is -2.29. The Labute approximate surface area is 189 Å². The number of nitrogens with zero attached hydrogens (tertiary/aromatic N) is 1. The van der Waals surface area contributed by atoms with Crippen LogP contribution in [-0.4, -0.2) is 42.0 Å². The van der Waals surface area contributed by atoms with Crippen LogP contribution >= 0.6 is 0 Å². The highest BCUT2D eigenvalue weighted by Crippen LogP contribution is 2.42. The molecular formula is C25H21NO7. The van der Waals surface area contributed by atoms with E-state index in [1.165, 1.54) is 11.2 Å². The fraction of sp³-hybridized carbons (Fsp3) is 0.200. The number of methoxy groups -OCH3 is 1. The van der Waals surface area contributed by atoms with E-state index < -0.39 is 17.7 Å². The van der Waals surface area contributed by atoms with Gasteiger partial charge < -0.3 is 28.6 Å². The summed E-state index contributed by atoms with van der Waals surface area (Å²) in [6, 6.07) is 14.6. The zero-order chi connectivity index (χ0) is 22.9. The Bertz CT molecular complexity index is 1230. The maximum Gasteiger partial charge on any atom is 0.296 e. The molecule has 0 bridgehead atoms. The lowest BCUT2D eigenvalue weighted by Gasteiger charge is -2.25. The summed E-state index contributed by atoms with van der Waals surface area (Å²) in [7, 11) is 1.56. The molecule has 1 saturated heterocycles. The quantitative estimate of drug-likeness (QED) is 0.362. The van der Waals surface area contributed by atoms with Gasteiger partial charge in [0.25, 0.3) is 11.7 Å². The Kier molecular flexibility index (Phi) is 5.26. The van der Waals surface area contributed by atoms with Crippen LogP contribution in [-0.2, 0) is 16.1 Å². The van der Waals surface area contributed by atoms with Crippen LogP contribution in [0.25, 0.3) is 5.76 Å². The van der Waals surface area contributed by atoms with Gasteiger partial charge in [0.15, 0.2) is 11.5 Å². The summed E-state index contributed by atoms with van der Waals surface area (Å²) in [6.45, 7) is 0.899. The molecule has 1 atom stereocenters. The first-order chi connectivity index (χ1) is 16.1. The molecule has 2 aromatic carbocycles. The van der Waals surface area contributed by atoms with Gasteiger partial charge in [-0.25, -0.2) is 0 Å². The highest BCUT2D eigenvalue weighted by atomic mass is 16.6. The van der Waals surface area contributed by atoms with Gasteiger partial charge in [-0.2, -0.15) is 0 Å². The summed E-state index contributed by atoms with van der Waals surface area (Å²) < 4.78 is 21.8. The van der Waals surface area contributed by atoms with Gasteiger partial charge in [-0.3, -0.25) is 9.59 Å². The Morgan fingerprint density at radius 1 is 1.06 bits per heavy atom. The number of aliphatic hydroxyl groups excluding tert-OH is 1. The number of amides is 1. The van der Waals surface area contributed by atoms with Crippen LogP contribution in [0.2, 0.25) is 0 Å². The van der Waals surface area contributed by atoms with E-state index >= 15 is 0 Å². The SMILES string of the molecule is COc1ccc([C@@H]2/C(=C(\O)c3ccc4c(c3)OCCO4)C(=O)C(=O)N2Cc2ccco2)cc1. The number of ketones is 1. The lowest BCUT2D eigenvalue weighted by atomic mass is 9.95. The molecule has 1 N–H and O–H groups in total. The molecule has 0 unspecified atom stereocenters. The standard InChI is InChI=1S/C25H21NO7/c1-30-17-7-4-15(5-8-17)22-21(24(28)25(29)26(22)14-18-3-2-10-31-18)23(27)16-6-9-19-20(13-16)33-12-11-32-19/h2-10,13,22,27H,11-12,14H2,1H3/b23-21+/t22-/m1/s1. The van der Waals surface area contributed by atoms with Crippen molar-refractivity contribution in [3.05, 3.63) is 83.3 Å². The van der Waals surface area contributed by atoms with Crippen molar-refractivity contribution < 1.29 is 33.3 Å². The number of carbonyl (C=O) groups is 2. The van der Waals surface area contributed by atoms with Crippen molar-refractivity contribution in [2.45, 2.75) is 12.6 Å². The van der Waals surface area contributed by atoms with Crippen LogP contribution < -0.4 is 14.2 Å². The zero-order valence-electron chi connectivity index (χ0n) is 17.8. The maximum absolute atomic E-state index is 13.1. The van der Waals surface area contributed by atoms with Gasteiger partial charge in [0, 0.05) is 5.56 Å². The summed E-state index contributed by atoms with van der Waals surface area (Å²) in [4.78, 5) is 27.6. The van der Waals surface area contributed by atoms with Gasteiger partial charge in [0.05, 0.1) is 31.5 Å². The van der Waals surface area contributed by atoms with Gasteiger partial charge in [0.2, 0.25) is 0 Å². The predicted molar refractivity (Wildman–Crippen MR) is 117 cm³/mol. The van der Waals surface area contributed by atoms with E-state index in [2.05, 4.69) is 0 Å². The minimum Gasteiger partial charge on any atom is -0.507 e. The second-order valence-electron chi connectivity index (χ2n) is 7.64. The molecule has 1 aromatic heterocycles. The van der Waals surface area contributed by atoms with Gasteiger partial charge in [0.1, 0.15) is 30.5 Å². The van der Waals surface area contributed by atoms with Crippen molar-refractivity contribution >= 4 is 17.4 Å². The maximum atomic E-state index is 13.1. The number of ether oxygens (including phenoxy) is 3. The molecule has 2 aliphatic rings. The first-order valence-corrected chi connectivity index (χ1v) is 10.4. The van der Waals surface area contributed by atoms with Crippen molar-refractivity contribution in [1.82, 2.24) is 4.90 Å². The number of carbonyl (C=O) groups excluding carboxylic acids is 2. The molecule has 168 valence electrons. The Hall–Kier alpha value is -4.20. The van der Waals surface area contributed by atoms with Crippen molar-refractivity contribution in [2.75, 3.05) is 20.3 Å². The molecule has 33 heavy (non-hydrogen) atoms.